The highest BCUT2D eigenvalue weighted by atomic mass is 16.6. The first kappa shape index (κ1) is 14.8. The SMILES string of the molecule is O=C1CCC=NN1CCCNCC1COc2ccccc2O1. The third kappa shape index (κ3) is 3.76. The van der Waals surface area contributed by atoms with Crippen LogP contribution in [0.15, 0.2) is 29.4 Å². The Balaban J connectivity index is 1.33. The van der Waals surface area contributed by atoms with Crippen LogP contribution in [0.2, 0.25) is 0 Å². The Labute approximate surface area is 130 Å². The molecule has 1 unspecified atom stereocenters. The summed E-state index contributed by atoms with van der Waals surface area (Å²) in [6, 6.07) is 7.70. The summed E-state index contributed by atoms with van der Waals surface area (Å²) in [6.45, 7) is 2.76. The molecule has 0 aromatic heterocycles. The summed E-state index contributed by atoms with van der Waals surface area (Å²) < 4.78 is 11.5. The number of ether oxygens (including phenoxy) is 2. The van der Waals surface area contributed by atoms with Crippen molar-refractivity contribution in [2.75, 3.05) is 26.2 Å². The van der Waals surface area contributed by atoms with Crippen LogP contribution in [-0.4, -0.2) is 49.5 Å². The minimum Gasteiger partial charge on any atom is -0.486 e. The van der Waals surface area contributed by atoms with Crippen molar-refractivity contribution in [1.29, 1.82) is 0 Å². The van der Waals surface area contributed by atoms with Crippen LogP contribution in [0.5, 0.6) is 11.5 Å². The van der Waals surface area contributed by atoms with E-state index in [0.717, 1.165) is 37.4 Å². The molecule has 1 amide bonds. The van der Waals surface area contributed by atoms with Crippen LogP contribution in [0.1, 0.15) is 19.3 Å². The van der Waals surface area contributed by atoms with Crippen molar-refractivity contribution in [3.63, 3.8) is 0 Å². The Morgan fingerprint density at radius 1 is 1.32 bits per heavy atom. The average Bonchev–Trinajstić information content (AvgIpc) is 2.56. The second-order valence-corrected chi connectivity index (χ2v) is 5.41. The van der Waals surface area contributed by atoms with Crippen LogP contribution in [0.4, 0.5) is 0 Å². The summed E-state index contributed by atoms with van der Waals surface area (Å²) in [7, 11) is 0. The maximum atomic E-state index is 11.6. The molecule has 6 heteroatoms. The molecule has 0 spiro atoms. The molecule has 0 radical (unpaired) electrons. The Kier molecular flexibility index (Phi) is 4.90. The topological polar surface area (TPSA) is 63.2 Å². The molecule has 6 nitrogen and oxygen atoms in total. The maximum absolute atomic E-state index is 11.6. The third-order valence-corrected chi connectivity index (χ3v) is 3.66. The van der Waals surface area contributed by atoms with E-state index < -0.39 is 0 Å². The number of carbonyl (C=O) groups is 1. The number of hydrogen-bond donors (Lipinski definition) is 1. The fraction of sp³-hybridized carbons (Fsp3) is 0.500. The highest BCUT2D eigenvalue weighted by Gasteiger charge is 2.20. The van der Waals surface area contributed by atoms with E-state index in [0.29, 0.717) is 19.6 Å². The normalized spacial score (nSPS) is 20.3. The zero-order chi connectivity index (χ0) is 15.2. The Morgan fingerprint density at radius 2 is 2.18 bits per heavy atom. The molecule has 2 heterocycles. The van der Waals surface area contributed by atoms with Gasteiger partial charge in [0, 0.05) is 25.7 Å². The molecule has 0 saturated carbocycles. The smallest absolute Gasteiger partial charge is 0.243 e. The lowest BCUT2D eigenvalue weighted by Gasteiger charge is -2.26. The molecule has 118 valence electrons. The van der Waals surface area contributed by atoms with E-state index in [4.69, 9.17) is 9.47 Å². The first-order valence-corrected chi connectivity index (χ1v) is 7.75. The van der Waals surface area contributed by atoms with Gasteiger partial charge in [0.15, 0.2) is 11.5 Å². The molecule has 22 heavy (non-hydrogen) atoms. The van der Waals surface area contributed by atoms with Gasteiger partial charge in [0.25, 0.3) is 0 Å². The van der Waals surface area contributed by atoms with Gasteiger partial charge in [-0.15, -0.1) is 0 Å². The number of carbonyl (C=O) groups excluding carboxylic acids is 1. The van der Waals surface area contributed by atoms with E-state index in [2.05, 4.69) is 10.4 Å². The lowest BCUT2D eigenvalue weighted by atomic mass is 10.2. The van der Waals surface area contributed by atoms with Crippen LogP contribution in [0.25, 0.3) is 0 Å². The molecule has 2 aliphatic heterocycles. The van der Waals surface area contributed by atoms with E-state index in [1.807, 2.05) is 24.3 Å². The molecule has 0 saturated heterocycles. The second kappa shape index (κ2) is 7.26. The van der Waals surface area contributed by atoms with Crippen LogP contribution in [0, 0.1) is 0 Å². The van der Waals surface area contributed by atoms with Crippen LogP contribution < -0.4 is 14.8 Å². The highest BCUT2D eigenvalue weighted by molar-refractivity contribution is 5.82. The summed E-state index contributed by atoms with van der Waals surface area (Å²) in [4.78, 5) is 11.6. The predicted molar refractivity (Wildman–Crippen MR) is 83.3 cm³/mol. The van der Waals surface area contributed by atoms with Gasteiger partial charge in [-0.3, -0.25) is 4.79 Å². The fourth-order valence-electron chi connectivity index (χ4n) is 2.50. The molecule has 0 fully saturated rings. The fourth-order valence-corrected chi connectivity index (χ4v) is 2.50. The molecule has 3 rings (SSSR count). The summed E-state index contributed by atoms with van der Waals surface area (Å²) >= 11 is 0. The Hall–Kier alpha value is -2.08. The minimum atomic E-state index is 0.0181. The van der Waals surface area contributed by atoms with Crippen molar-refractivity contribution in [3.05, 3.63) is 24.3 Å². The molecule has 1 atom stereocenters. The number of amides is 1. The lowest BCUT2D eigenvalue weighted by Crippen LogP contribution is -2.39. The molecular weight excluding hydrogens is 282 g/mol. The average molecular weight is 303 g/mol. The standard InChI is InChI=1S/C16H21N3O3/c20-16-7-3-9-18-19(16)10-4-8-17-11-13-12-21-14-5-1-2-6-15(14)22-13/h1-2,5-6,9,13,17H,3-4,7-8,10-12H2. The van der Waals surface area contributed by atoms with E-state index in [1.165, 1.54) is 0 Å². The first-order valence-electron chi connectivity index (χ1n) is 7.75. The largest absolute Gasteiger partial charge is 0.486 e. The van der Waals surface area contributed by atoms with Gasteiger partial charge >= 0.3 is 0 Å². The van der Waals surface area contributed by atoms with Crippen LogP contribution in [0.3, 0.4) is 0 Å². The van der Waals surface area contributed by atoms with Gasteiger partial charge in [0.05, 0.1) is 0 Å². The van der Waals surface area contributed by atoms with E-state index >= 15 is 0 Å². The zero-order valence-electron chi connectivity index (χ0n) is 12.5. The second-order valence-electron chi connectivity index (χ2n) is 5.41. The Morgan fingerprint density at radius 3 is 3.05 bits per heavy atom. The number of hydrogen-bond acceptors (Lipinski definition) is 5. The number of benzene rings is 1. The lowest BCUT2D eigenvalue weighted by molar-refractivity contribution is -0.131. The van der Waals surface area contributed by atoms with Crippen molar-refractivity contribution in [1.82, 2.24) is 10.3 Å². The van der Waals surface area contributed by atoms with Gasteiger partial charge in [-0.05, 0) is 31.5 Å². The summed E-state index contributed by atoms with van der Waals surface area (Å²) in [6.07, 6.45) is 4.02. The molecule has 1 N–H and O–H groups in total. The molecule has 1 aromatic carbocycles. The van der Waals surface area contributed by atoms with Crippen LogP contribution in [-0.2, 0) is 4.79 Å². The van der Waals surface area contributed by atoms with Crippen molar-refractivity contribution in [2.24, 2.45) is 5.10 Å². The summed E-state index contributed by atoms with van der Waals surface area (Å²) in [5, 5.41) is 9.01. The molecule has 0 aliphatic carbocycles. The maximum Gasteiger partial charge on any atom is 0.243 e. The molecule has 1 aromatic rings. The number of para-hydroxylation sites is 2. The first-order chi connectivity index (χ1) is 10.8. The van der Waals surface area contributed by atoms with Crippen molar-refractivity contribution < 1.29 is 14.3 Å². The molecule has 2 aliphatic rings. The van der Waals surface area contributed by atoms with Crippen molar-refractivity contribution >= 4 is 12.1 Å². The van der Waals surface area contributed by atoms with Crippen LogP contribution >= 0.6 is 0 Å². The van der Waals surface area contributed by atoms with E-state index in [1.54, 1.807) is 11.2 Å². The highest BCUT2D eigenvalue weighted by Crippen LogP contribution is 2.30. The number of nitrogens with one attached hydrogen (secondary N) is 1. The number of hydrazone groups is 1. The summed E-state index contributed by atoms with van der Waals surface area (Å²) in [5.41, 5.74) is 0. The number of rotatable bonds is 6. The van der Waals surface area contributed by atoms with Gasteiger partial charge in [0.1, 0.15) is 12.7 Å². The predicted octanol–water partition coefficient (Wildman–Crippen LogP) is 1.41. The zero-order valence-corrected chi connectivity index (χ0v) is 12.5. The van der Waals surface area contributed by atoms with E-state index in [9.17, 15) is 4.79 Å². The van der Waals surface area contributed by atoms with Crippen molar-refractivity contribution in [2.45, 2.75) is 25.4 Å². The monoisotopic (exact) mass is 303 g/mol. The molecule has 0 bridgehead atoms. The van der Waals surface area contributed by atoms with Gasteiger partial charge < -0.3 is 14.8 Å². The molecular formula is C16H21N3O3. The van der Waals surface area contributed by atoms with E-state index in [-0.39, 0.29) is 12.0 Å². The van der Waals surface area contributed by atoms with Gasteiger partial charge in [-0.2, -0.15) is 5.10 Å². The van der Waals surface area contributed by atoms with Crippen molar-refractivity contribution in [3.8, 4) is 11.5 Å². The number of fused-ring (bicyclic) bond motifs is 1. The third-order valence-electron chi connectivity index (χ3n) is 3.66. The van der Waals surface area contributed by atoms with Gasteiger partial charge in [-0.1, -0.05) is 12.1 Å². The minimum absolute atomic E-state index is 0.0181. The summed E-state index contributed by atoms with van der Waals surface area (Å²) in [5.74, 6) is 1.72. The number of nitrogens with zero attached hydrogens (tertiary/aromatic N) is 2. The Bertz CT molecular complexity index is 547. The van der Waals surface area contributed by atoms with Gasteiger partial charge in [0.2, 0.25) is 5.91 Å². The van der Waals surface area contributed by atoms with Gasteiger partial charge in [-0.25, -0.2) is 5.01 Å². The quantitative estimate of drug-likeness (QED) is 0.807.